The number of carboxylic acid groups (broad SMARTS) is 1. The molecule has 94 valence electrons. The van der Waals surface area contributed by atoms with Crippen molar-refractivity contribution >= 4 is 22.4 Å². The number of nitrogens with zero attached hydrogens (tertiary/aromatic N) is 2. The number of anilines is 1. The fourth-order valence-electron chi connectivity index (χ4n) is 1.92. The van der Waals surface area contributed by atoms with Crippen LogP contribution in [0.1, 0.15) is 28.2 Å². The van der Waals surface area contributed by atoms with Crippen LogP contribution >= 0.6 is 11.3 Å². The summed E-state index contributed by atoms with van der Waals surface area (Å²) in [5.74, 6) is -0.962. The predicted molar refractivity (Wildman–Crippen MR) is 66.1 cm³/mol. The zero-order valence-electron chi connectivity index (χ0n) is 9.97. The molecule has 0 spiro atoms. The fraction of sp³-hybridized carbons (Fsp3) is 0.636. The molecule has 1 atom stereocenters. The van der Waals surface area contributed by atoms with Crippen LogP contribution in [0, 0.1) is 6.92 Å². The van der Waals surface area contributed by atoms with Gasteiger partial charge in [-0.05, 0) is 19.8 Å². The van der Waals surface area contributed by atoms with E-state index in [0.717, 1.165) is 36.0 Å². The van der Waals surface area contributed by atoms with Gasteiger partial charge in [0.25, 0.3) is 0 Å². The first-order valence-electron chi connectivity index (χ1n) is 5.61. The Labute approximate surface area is 104 Å². The highest BCUT2D eigenvalue weighted by Crippen LogP contribution is 2.26. The second-order valence-corrected chi connectivity index (χ2v) is 5.40. The summed E-state index contributed by atoms with van der Waals surface area (Å²) < 4.78 is 5.55. The quantitative estimate of drug-likeness (QED) is 0.889. The molecule has 1 aromatic rings. The number of carboxylic acids is 1. The number of rotatable bonds is 4. The first-order valence-corrected chi connectivity index (χ1v) is 6.43. The van der Waals surface area contributed by atoms with E-state index in [9.17, 15) is 4.79 Å². The first-order chi connectivity index (χ1) is 8.08. The number of aromatic nitrogens is 1. The summed E-state index contributed by atoms with van der Waals surface area (Å²) in [7, 11) is 1.92. The third-order valence-electron chi connectivity index (χ3n) is 2.82. The topological polar surface area (TPSA) is 62.7 Å². The molecule has 0 bridgehead atoms. The average molecular weight is 256 g/mol. The van der Waals surface area contributed by atoms with Gasteiger partial charge in [0.05, 0.1) is 6.10 Å². The highest BCUT2D eigenvalue weighted by Gasteiger charge is 2.21. The van der Waals surface area contributed by atoms with Crippen LogP contribution in [-0.4, -0.2) is 42.4 Å². The average Bonchev–Trinajstić information content (AvgIpc) is 2.86. The van der Waals surface area contributed by atoms with E-state index in [1.807, 2.05) is 11.9 Å². The molecule has 0 radical (unpaired) electrons. The van der Waals surface area contributed by atoms with Gasteiger partial charge in [0.2, 0.25) is 0 Å². The van der Waals surface area contributed by atoms with Crippen LogP contribution in [0.25, 0.3) is 0 Å². The lowest BCUT2D eigenvalue weighted by Gasteiger charge is -2.19. The molecule has 0 aromatic carbocycles. The van der Waals surface area contributed by atoms with Gasteiger partial charge in [0.15, 0.2) is 10.8 Å². The Bertz CT molecular complexity index is 413. The van der Waals surface area contributed by atoms with Gasteiger partial charge < -0.3 is 14.7 Å². The van der Waals surface area contributed by atoms with E-state index >= 15 is 0 Å². The maximum atomic E-state index is 10.9. The smallest absolute Gasteiger partial charge is 0.355 e. The summed E-state index contributed by atoms with van der Waals surface area (Å²) in [6.45, 7) is 3.38. The molecule has 2 rings (SSSR count). The maximum Gasteiger partial charge on any atom is 0.355 e. The Morgan fingerprint density at radius 3 is 3.00 bits per heavy atom. The third-order valence-corrected chi connectivity index (χ3v) is 3.90. The molecular formula is C11H16N2O3S. The number of thiazole rings is 1. The van der Waals surface area contributed by atoms with Crippen molar-refractivity contribution in [3.05, 3.63) is 10.6 Å². The van der Waals surface area contributed by atoms with Crippen LogP contribution in [0.15, 0.2) is 0 Å². The zero-order chi connectivity index (χ0) is 12.4. The molecule has 1 aromatic heterocycles. The van der Waals surface area contributed by atoms with E-state index in [2.05, 4.69) is 4.98 Å². The second kappa shape index (κ2) is 5.01. The highest BCUT2D eigenvalue weighted by atomic mass is 32.1. The lowest BCUT2D eigenvalue weighted by atomic mass is 10.2. The lowest BCUT2D eigenvalue weighted by molar-refractivity contribution is 0.0690. The van der Waals surface area contributed by atoms with Crippen molar-refractivity contribution < 1.29 is 14.6 Å². The minimum atomic E-state index is -0.962. The van der Waals surface area contributed by atoms with Gasteiger partial charge in [-0.1, -0.05) is 0 Å². The van der Waals surface area contributed by atoms with Crippen LogP contribution in [-0.2, 0) is 4.74 Å². The molecule has 6 heteroatoms. The van der Waals surface area contributed by atoms with Crippen molar-refractivity contribution in [2.24, 2.45) is 0 Å². The standard InChI is InChI=1S/C11H16N2O3S/c1-7-9(10(14)15)12-11(17-7)13(2)6-8-4-3-5-16-8/h8H,3-6H2,1-2H3,(H,14,15). The van der Waals surface area contributed by atoms with E-state index in [1.165, 1.54) is 11.3 Å². The minimum absolute atomic E-state index is 0.157. The van der Waals surface area contributed by atoms with Crippen LogP contribution in [0.3, 0.4) is 0 Å². The summed E-state index contributed by atoms with van der Waals surface area (Å²) >= 11 is 1.41. The molecule has 1 aliphatic heterocycles. The number of hydrogen-bond donors (Lipinski definition) is 1. The third kappa shape index (κ3) is 2.76. The largest absolute Gasteiger partial charge is 0.476 e. The molecular weight excluding hydrogens is 240 g/mol. The molecule has 1 fully saturated rings. The van der Waals surface area contributed by atoms with E-state index in [-0.39, 0.29) is 11.8 Å². The van der Waals surface area contributed by atoms with Crippen molar-refractivity contribution in [2.45, 2.75) is 25.9 Å². The summed E-state index contributed by atoms with van der Waals surface area (Å²) in [4.78, 5) is 17.8. The molecule has 0 aliphatic carbocycles. The van der Waals surface area contributed by atoms with Gasteiger partial charge in [0, 0.05) is 25.1 Å². The number of ether oxygens (including phenoxy) is 1. The second-order valence-electron chi connectivity index (χ2n) is 4.22. The number of likely N-dealkylation sites (N-methyl/N-ethyl adjacent to an activating group) is 1. The van der Waals surface area contributed by atoms with Crippen molar-refractivity contribution in [1.82, 2.24) is 4.98 Å². The molecule has 17 heavy (non-hydrogen) atoms. The van der Waals surface area contributed by atoms with Crippen LogP contribution in [0.5, 0.6) is 0 Å². The summed E-state index contributed by atoms with van der Waals surface area (Å²) in [5.41, 5.74) is 0.157. The van der Waals surface area contributed by atoms with Gasteiger partial charge in [-0.15, -0.1) is 11.3 Å². The first kappa shape index (κ1) is 12.3. The highest BCUT2D eigenvalue weighted by molar-refractivity contribution is 7.15. The van der Waals surface area contributed by atoms with Gasteiger partial charge in [-0.25, -0.2) is 9.78 Å². The van der Waals surface area contributed by atoms with Gasteiger partial charge in [-0.2, -0.15) is 0 Å². The van der Waals surface area contributed by atoms with E-state index in [4.69, 9.17) is 9.84 Å². The molecule has 1 aliphatic rings. The molecule has 2 heterocycles. The normalized spacial score (nSPS) is 19.5. The zero-order valence-corrected chi connectivity index (χ0v) is 10.8. The Balaban J connectivity index is 2.05. The Hall–Kier alpha value is -1.14. The fourth-order valence-corrected chi connectivity index (χ4v) is 2.79. The molecule has 1 N–H and O–H groups in total. The van der Waals surface area contributed by atoms with Crippen LogP contribution in [0.2, 0.25) is 0 Å². The summed E-state index contributed by atoms with van der Waals surface area (Å²) in [6, 6.07) is 0. The van der Waals surface area contributed by atoms with Crippen molar-refractivity contribution in [2.75, 3.05) is 25.1 Å². The number of aromatic carboxylic acids is 1. The molecule has 1 unspecified atom stereocenters. The van der Waals surface area contributed by atoms with E-state index in [1.54, 1.807) is 6.92 Å². The van der Waals surface area contributed by atoms with Crippen molar-refractivity contribution in [3.63, 3.8) is 0 Å². The van der Waals surface area contributed by atoms with E-state index < -0.39 is 5.97 Å². The van der Waals surface area contributed by atoms with Crippen molar-refractivity contribution in [3.8, 4) is 0 Å². The van der Waals surface area contributed by atoms with Crippen LogP contribution in [0.4, 0.5) is 5.13 Å². The Kier molecular flexibility index (Phi) is 3.63. The minimum Gasteiger partial charge on any atom is -0.476 e. The molecule has 0 amide bonds. The van der Waals surface area contributed by atoms with Gasteiger partial charge in [0.1, 0.15) is 0 Å². The van der Waals surface area contributed by atoms with Crippen LogP contribution < -0.4 is 4.90 Å². The van der Waals surface area contributed by atoms with Crippen molar-refractivity contribution in [1.29, 1.82) is 0 Å². The summed E-state index contributed by atoms with van der Waals surface area (Å²) in [5, 5.41) is 9.69. The molecule has 0 saturated carbocycles. The summed E-state index contributed by atoms with van der Waals surface area (Å²) in [6.07, 6.45) is 2.42. The predicted octanol–water partition coefficient (Wildman–Crippen LogP) is 1.76. The van der Waals surface area contributed by atoms with Gasteiger partial charge in [-0.3, -0.25) is 0 Å². The SMILES string of the molecule is Cc1sc(N(C)CC2CCCO2)nc1C(=O)O. The Morgan fingerprint density at radius 1 is 1.71 bits per heavy atom. The lowest BCUT2D eigenvalue weighted by Crippen LogP contribution is -2.28. The monoisotopic (exact) mass is 256 g/mol. The van der Waals surface area contributed by atoms with Gasteiger partial charge >= 0.3 is 5.97 Å². The van der Waals surface area contributed by atoms with E-state index in [0.29, 0.717) is 0 Å². The number of carbonyl (C=O) groups is 1. The Morgan fingerprint density at radius 2 is 2.47 bits per heavy atom. The number of hydrogen-bond acceptors (Lipinski definition) is 5. The molecule has 1 saturated heterocycles. The number of aryl methyl sites for hydroxylation is 1. The maximum absolute atomic E-state index is 10.9. The molecule has 5 nitrogen and oxygen atoms in total.